The molecule has 2 nitrogen and oxygen atoms in total. The lowest BCUT2D eigenvalue weighted by Gasteiger charge is -2.09. The summed E-state index contributed by atoms with van der Waals surface area (Å²) in [6, 6.07) is 0. The van der Waals surface area contributed by atoms with E-state index in [1.165, 1.54) is 0 Å². The number of rotatable bonds is 3. The second-order valence-corrected chi connectivity index (χ2v) is 3.13. The number of aliphatic hydroxyl groups is 1. The van der Waals surface area contributed by atoms with Gasteiger partial charge in [-0.3, -0.25) is 0 Å². The highest BCUT2D eigenvalue weighted by Crippen LogP contribution is 2.15. The average Bonchev–Trinajstić information content (AvgIpc) is 2.38. The molecule has 58 valence electrons. The first kappa shape index (κ1) is 7.95. The molecule has 3 heteroatoms. The van der Waals surface area contributed by atoms with Gasteiger partial charge in [-0.2, -0.15) is 11.8 Å². The minimum atomic E-state index is -0.391. The van der Waals surface area contributed by atoms with Crippen molar-refractivity contribution in [1.82, 2.24) is 0 Å². The van der Waals surface area contributed by atoms with Gasteiger partial charge in [0.1, 0.15) is 11.9 Å². The van der Waals surface area contributed by atoms with Crippen LogP contribution in [0.3, 0.4) is 0 Å². The van der Waals surface area contributed by atoms with E-state index in [2.05, 4.69) is 0 Å². The van der Waals surface area contributed by atoms with Gasteiger partial charge in [-0.25, -0.2) is 0 Å². The molecule has 0 bridgehead atoms. The summed E-state index contributed by atoms with van der Waals surface area (Å²) in [5.74, 6) is 1.49. The number of thioether (sulfide) groups is 1. The van der Waals surface area contributed by atoms with E-state index in [0.717, 1.165) is 24.5 Å². The maximum absolute atomic E-state index is 9.33. The molecule has 0 aromatic rings. The van der Waals surface area contributed by atoms with Crippen LogP contribution in [-0.4, -0.2) is 29.8 Å². The first-order valence-electron chi connectivity index (χ1n) is 3.34. The Hall–Kier alpha value is -0.150. The lowest BCUT2D eigenvalue weighted by Crippen LogP contribution is -2.13. The van der Waals surface area contributed by atoms with Gasteiger partial charge in [0, 0.05) is 12.2 Å². The summed E-state index contributed by atoms with van der Waals surface area (Å²) in [5, 5.41) is 9.33. The molecule has 1 aliphatic rings. The lowest BCUT2D eigenvalue weighted by atomic mass is 10.3. The number of hydrogen-bond donors (Lipinski definition) is 1. The third-order valence-corrected chi connectivity index (χ3v) is 2.03. The van der Waals surface area contributed by atoms with Gasteiger partial charge < -0.3 is 9.84 Å². The van der Waals surface area contributed by atoms with Crippen LogP contribution in [0.15, 0.2) is 11.8 Å². The fraction of sp³-hybridized carbons (Fsp3) is 0.714. The Bertz CT molecular complexity index is 134. The van der Waals surface area contributed by atoms with Crippen molar-refractivity contribution in [2.45, 2.75) is 12.5 Å². The van der Waals surface area contributed by atoms with E-state index in [4.69, 9.17) is 4.74 Å². The van der Waals surface area contributed by atoms with Gasteiger partial charge in [-0.1, -0.05) is 0 Å². The van der Waals surface area contributed by atoms with Gasteiger partial charge in [0.25, 0.3) is 0 Å². The zero-order valence-electron chi connectivity index (χ0n) is 6.04. The normalized spacial score (nSPS) is 20.0. The van der Waals surface area contributed by atoms with Gasteiger partial charge in [0.2, 0.25) is 0 Å². The van der Waals surface area contributed by atoms with E-state index in [-0.39, 0.29) is 0 Å². The molecular weight excluding hydrogens is 148 g/mol. The highest BCUT2D eigenvalue weighted by atomic mass is 32.2. The van der Waals surface area contributed by atoms with Crippen LogP contribution in [-0.2, 0) is 4.74 Å². The molecule has 0 spiro atoms. The number of hydrogen-bond acceptors (Lipinski definition) is 3. The standard InChI is InChI=1S/C7H12O2S/c1-10-5-6(8)7-3-2-4-9-7/h3,6,8H,2,4-5H2,1H3. The van der Waals surface area contributed by atoms with E-state index in [9.17, 15) is 5.11 Å². The predicted molar refractivity (Wildman–Crippen MR) is 43.0 cm³/mol. The number of ether oxygens (including phenoxy) is 1. The molecule has 1 unspecified atom stereocenters. The van der Waals surface area contributed by atoms with Crippen molar-refractivity contribution in [2.75, 3.05) is 18.6 Å². The quantitative estimate of drug-likeness (QED) is 0.668. The molecule has 1 atom stereocenters. The first-order chi connectivity index (χ1) is 4.84. The smallest absolute Gasteiger partial charge is 0.121 e. The highest BCUT2D eigenvalue weighted by Gasteiger charge is 2.14. The molecule has 1 N–H and O–H groups in total. The van der Waals surface area contributed by atoms with Crippen molar-refractivity contribution in [3.05, 3.63) is 11.8 Å². The molecule has 1 heterocycles. The van der Waals surface area contributed by atoms with Crippen LogP contribution in [0.25, 0.3) is 0 Å². The zero-order valence-corrected chi connectivity index (χ0v) is 6.86. The van der Waals surface area contributed by atoms with E-state index in [0.29, 0.717) is 0 Å². The molecule has 0 fully saturated rings. The van der Waals surface area contributed by atoms with Crippen LogP contribution in [0.4, 0.5) is 0 Å². The summed E-state index contributed by atoms with van der Waals surface area (Å²) in [4.78, 5) is 0. The van der Waals surface area contributed by atoms with E-state index in [1.807, 2.05) is 12.3 Å². The van der Waals surface area contributed by atoms with Gasteiger partial charge in [0.15, 0.2) is 0 Å². The van der Waals surface area contributed by atoms with Crippen molar-refractivity contribution in [3.63, 3.8) is 0 Å². The summed E-state index contributed by atoms with van der Waals surface area (Å²) in [5.41, 5.74) is 0. The topological polar surface area (TPSA) is 29.5 Å². The minimum Gasteiger partial charge on any atom is -0.495 e. The molecule has 10 heavy (non-hydrogen) atoms. The van der Waals surface area contributed by atoms with Gasteiger partial charge in [-0.05, 0) is 12.3 Å². The van der Waals surface area contributed by atoms with Crippen LogP contribution in [0.5, 0.6) is 0 Å². The fourth-order valence-electron chi connectivity index (χ4n) is 0.909. The first-order valence-corrected chi connectivity index (χ1v) is 4.74. The van der Waals surface area contributed by atoms with Crippen molar-refractivity contribution < 1.29 is 9.84 Å². The maximum atomic E-state index is 9.33. The Morgan fingerprint density at radius 2 is 2.70 bits per heavy atom. The summed E-state index contributed by atoms with van der Waals surface area (Å²) >= 11 is 1.63. The summed E-state index contributed by atoms with van der Waals surface area (Å²) in [7, 11) is 0. The van der Waals surface area contributed by atoms with E-state index >= 15 is 0 Å². The Kier molecular flexibility index (Phi) is 3.09. The molecule has 0 radical (unpaired) electrons. The maximum Gasteiger partial charge on any atom is 0.121 e. The summed E-state index contributed by atoms with van der Waals surface area (Å²) in [6.45, 7) is 0.737. The predicted octanol–water partition coefficient (Wildman–Crippen LogP) is 1.01. The van der Waals surface area contributed by atoms with Gasteiger partial charge >= 0.3 is 0 Å². The van der Waals surface area contributed by atoms with Crippen molar-refractivity contribution in [1.29, 1.82) is 0 Å². The second-order valence-electron chi connectivity index (χ2n) is 2.21. The Morgan fingerprint density at radius 3 is 3.20 bits per heavy atom. The Balaban J connectivity index is 2.32. The SMILES string of the molecule is CSCC(O)C1=CCCO1. The number of aliphatic hydroxyl groups excluding tert-OH is 1. The molecular formula is C7H12O2S. The van der Waals surface area contributed by atoms with Crippen molar-refractivity contribution >= 4 is 11.8 Å². The van der Waals surface area contributed by atoms with Crippen LogP contribution < -0.4 is 0 Å². The van der Waals surface area contributed by atoms with Gasteiger partial charge in [-0.15, -0.1) is 0 Å². The monoisotopic (exact) mass is 160 g/mol. The van der Waals surface area contributed by atoms with Gasteiger partial charge in [0.05, 0.1) is 6.61 Å². The fourth-order valence-corrected chi connectivity index (χ4v) is 1.39. The van der Waals surface area contributed by atoms with Crippen LogP contribution >= 0.6 is 11.8 Å². The van der Waals surface area contributed by atoms with Crippen molar-refractivity contribution in [3.8, 4) is 0 Å². The molecule has 0 amide bonds. The molecule has 1 aliphatic heterocycles. The van der Waals surface area contributed by atoms with Crippen LogP contribution in [0.1, 0.15) is 6.42 Å². The zero-order chi connectivity index (χ0) is 7.40. The molecule has 0 aliphatic carbocycles. The largest absolute Gasteiger partial charge is 0.495 e. The molecule has 0 aromatic heterocycles. The lowest BCUT2D eigenvalue weighted by molar-refractivity contribution is 0.133. The summed E-state index contributed by atoms with van der Waals surface area (Å²) < 4.78 is 5.17. The second kappa shape index (κ2) is 3.88. The average molecular weight is 160 g/mol. The molecule has 0 saturated carbocycles. The third-order valence-electron chi connectivity index (χ3n) is 1.39. The third kappa shape index (κ3) is 1.92. The van der Waals surface area contributed by atoms with Crippen molar-refractivity contribution in [2.24, 2.45) is 0 Å². The molecule has 0 saturated heterocycles. The molecule has 1 rings (SSSR count). The Labute approximate surface area is 65.3 Å². The highest BCUT2D eigenvalue weighted by molar-refractivity contribution is 7.98. The van der Waals surface area contributed by atoms with E-state index in [1.54, 1.807) is 11.8 Å². The van der Waals surface area contributed by atoms with Crippen LogP contribution in [0, 0.1) is 0 Å². The van der Waals surface area contributed by atoms with E-state index < -0.39 is 6.10 Å². The minimum absolute atomic E-state index is 0.391. The Morgan fingerprint density at radius 1 is 1.90 bits per heavy atom. The molecule has 0 aromatic carbocycles. The summed E-state index contributed by atoms with van der Waals surface area (Å²) in [6.07, 6.45) is 4.48. The van der Waals surface area contributed by atoms with Crippen LogP contribution in [0.2, 0.25) is 0 Å².